The summed E-state index contributed by atoms with van der Waals surface area (Å²) in [5, 5.41) is 3.04. The van der Waals surface area contributed by atoms with E-state index in [1.807, 2.05) is 6.07 Å². The maximum atomic E-state index is 12.1. The molecule has 2 nitrogen and oxygen atoms in total. The Morgan fingerprint density at radius 2 is 1.89 bits per heavy atom. The molecule has 1 aliphatic rings. The second-order valence-corrected chi connectivity index (χ2v) is 9.69. The van der Waals surface area contributed by atoms with Crippen molar-refractivity contribution < 1.29 is 4.79 Å². The topological polar surface area (TPSA) is 29.1 Å². The van der Waals surface area contributed by atoms with Crippen LogP contribution in [0.1, 0.15) is 38.1 Å². The molecule has 0 bridgehead atoms. The summed E-state index contributed by atoms with van der Waals surface area (Å²) in [6.45, 7) is 9.81. The first-order chi connectivity index (χ1) is 8.18. The van der Waals surface area contributed by atoms with E-state index in [1.54, 1.807) is 0 Å². The first-order valence-corrected chi connectivity index (χ1v) is 8.31. The lowest BCUT2D eigenvalue weighted by Gasteiger charge is -2.05. The van der Waals surface area contributed by atoms with E-state index in [-0.39, 0.29) is 5.91 Å². The van der Waals surface area contributed by atoms with Crippen LogP contribution < -0.4 is 5.32 Å². The average molecular weight is 395 g/mol. The molecule has 1 heterocycles. The van der Waals surface area contributed by atoms with Gasteiger partial charge in [-0.1, -0.05) is 27.7 Å². The second kappa shape index (κ2) is 4.60. The van der Waals surface area contributed by atoms with E-state index in [0.717, 1.165) is 14.1 Å². The molecule has 5 heteroatoms. The molecule has 0 atom stereocenters. The Hall–Kier alpha value is 0.130. The largest absolute Gasteiger partial charge is 0.352 e. The number of thiophene rings is 1. The van der Waals surface area contributed by atoms with Gasteiger partial charge in [0.25, 0.3) is 5.91 Å². The van der Waals surface area contributed by atoms with Crippen molar-refractivity contribution in [1.29, 1.82) is 0 Å². The van der Waals surface area contributed by atoms with Gasteiger partial charge in [-0.25, -0.2) is 0 Å². The van der Waals surface area contributed by atoms with Crippen LogP contribution in [0.5, 0.6) is 0 Å². The fourth-order valence-corrected chi connectivity index (χ4v) is 5.42. The second-order valence-electron chi connectivity index (χ2n) is 5.94. The molecule has 1 aromatic heterocycles. The highest BCUT2D eigenvalue weighted by atomic mass is 79.9. The summed E-state index contributed by atoms with van der Waals surface area (Å²) in [6, 6.07) is 1.85. The van der Waals surface area contributed by atoms with Gasteiger partial charge in [0, 0.05) is 6.54 Å². The number of halogens is 2. The van der Waals surface area contributed by atoms with Gasteiger partial charge in [0.15, 0.2) is 0 Å². The third-order valence-corrected chi connectivity index (χ3v) is 7.03. The highest BCUT2D eigenvalue weighted by Gasteiger charge is 2.64. The minimum absolute atomic E-state index is 0.00215. The molecule has 1 aliphatic carbocycles. The minimum Gasteiger partial charge on any atom is -0.352 e. The molecule has 0 radical (unpaired) electrons. The molecule has 1 N–H and O–H groups in total. The first-order valence-electron chi connectivity index (χ1n) is 5.91. The Balaban J connectivity index is 1.97. The summed E-state index contributed by atoms with van der Waals surface area (Å²) in [5.41, 5.74) is 1.34. The molecular formula is C13H17Br2NOS. The predicted octanol–water partition coefficient (Wildman–Crippen LogP) is 4.69. The number of nitrogens with one attached hydrogen (secondary N) is 1. The van der Waals surface area contributed by atoms with Crippen molar-refractivity contribution in [3.05, 3.63) is 19.2 Å². The Bertz CT molecular complexity index is 479. The van der Waals surface area contributed by atoms with E-state index in [0.29, 0.717) is 22.3 Å². The van der Waals surface area contributed by atoms with E-state index in [2.05, 4.69) is 64.9 Å². The average Bonchev–Trinajstić information content (AvgIpc) is 2.54. The maximum absolute atomic E-state index is 12.1. The molecule has 2 rings (SSSR count). The predicted molar refractivity (Wildman–Crippen MR) is 83.1 cm³/mol. The molecule has 100 valence electrons. The normalized spacial score (nSPS) is 20.8. The SMILES string of the molecule is CC1(C)C(CNC(=O)c2cc(Br)sc2Br)C1(C)C. The molecule has 0 saturated heterocycles. The van der Waals surface area contributed by atoms with Crippen molar-refractivity contribution in [2.75, 3.05) is 6.54 Å². The van der Waals surface area contributed by atoms with Gasteiger partial charge < -0.3 is 5.32 Å². The van der Waals surface area contributed by atoms with Crippen molar-refractivity contribution in [2.45, 2.75) is 27.7 Å². The highest BCUT2D eigenvalue weighted by molar-refractivity contribution is 9.12. The molecule has 0 aromatic carbocycles. The van der Waals surface area contributed by atoms with Crippen LogP contribution in [0, 0.1) is 16.7 Å². The molecule has 0 unspecified atom stereocenters. The molecule has 1 amide bonds. The van der Waals surface area contributed by atoms with Crippen molar-refractivity contribution in [1.82, 2.24) is 5.32 Å². The molecule has 0 spiro atoms. The number of amides is 1. The van der Waals surface area contributed by atoms with Gasteiger partial charge in [-0.05, 0) is 54.7 Å². The molecule has 1 aromatic rings. The van der Waals surface area contributed by atoms with E-state index >= 15 is 0 Å². The number of rotatable bonds is 3. The molecule has 1 saturated carbocycles. The Morgan fingerprint density at radius 1 is 1.33 bits per heavy atom. The van der Waals surface area contributed by atoms with E-state index in [1.165, 1.54) is 11.3 Å². The van der Waals surface area contributed by atoms with Gasteiger partial charge in [0.1, 0.15) is 0 Å². The van der Waals surface area contributed by atoms with Crippen LogP contribution in [-0.4, -0.2) is 12.5 Å². The summed E-state index contributed by atoms with van der Waals surface area (Å²) in [5.74, 6) is 0.553. The summed E-state index contributed by atoms with van der Waals surface area (Å²) in [4.78, 5) is 12.1. The quantitative estimate of drug-likeness (QED) is 0.791. The smallest absolute Gasteiger partial charge is 0.253 e. The monoisotopic (exact) mass is 393 g/mol. The third kappa shape index (κ3) is 2.29. The zero-order valence-electron chi connectivity index (χ0n) is 10.9. The number of hydrogen-bond donors (Lipinski definition) is 1. The summed E-state index contributed by atoms with van der Waals surface area (Å²) in [6.07, 6.45) is 0. The van der Waals surface area contributed by atoms with Crippen molar-refractivity contribution >= 4 is 49.1 Å². The van der Waals surface area contributed by atoms with Gasteiger partial charge in [-0.3, -0.25) is 4.79 Å². The molecule has 1 fully saturated rings. The molecule has 18 heavy (non-hydrogen) atoms. The van der Waals surface area contributed by atoms with E-state index < -0.39 is 0 Å². The zero-order valence-corrected chi connectivity index (χ0v) is 14.9. The Kier molecular flexibility index (Phi) is 3.71. The Labute approximate surface area is 129 Å². The third-order valence-electron chi connectivity index (χ3n) is 4.69. The van der Waals surface area contributed by atoms with Gasteiger partial charge in [-0.2, -0.15) is 0 Å². The van der Waals surface area contributed by atoms with E-state index in [9.17, 15) is 4.79 Å². The minimum atomic E-state index is 0.00215. The summed E-state index contributed by atoms with van der Waals surface area (Å²) >= 11 is 8.32. The van der Waals surface area contributed by atoms with E-state index in [4.69, 9.17) is 0 Å². The lowest BCUT2D eigenvalue weighted by Crippen LogP contribution is -2.27. The summed E-state index contributed by atoms with van der Waals surface area (Å²) < 4.78 is 1.84. The Morgan fingerprint density at radius 3 is 2.28 bits per heavy atom. The highest BCUT2D eigenvalue weighted by Crippen LogP contribution is 2.67. The number of carbonyl (C=O) groups is 1. The van der Waals surface area contributed by atoms with Crippen LogP contribution >= 0.6 is 43.2 Å². The van der Waals surface area contributed by atoms with Crippen molar-refractivity contribution in [3.63, 3.8) is 0 Å². The lowest BCUT2D eigenvalue weighted by atomic mass is 10.0. The molecular weight excluding hydrogens is 378 g/mol. The van der Waals surface area contributed by atoms with Crippen LogP contribution in [0.4, 0.5) is 0 Å². The van der Waals surface area contributed by atoms with Gasteiger partial charge in [0.2, 0.25) is 0 Å². The van der Waals surface area contributed by atoms with Gasteiger partial charge in [0.05, 0.1) is 13.1 Å². The number of carbonyl (C=O) groups excluding carboxylic acids is 1. The van der Waals surface area contributed by atoms with Gasteiger partial charge >= 0.3 is 0 Å². The van der Waals surface area contributed by atoms with Crippen LogP contribution in [0.3, 0.4) is 0 Å². The van der Waals surface area contributed by atoms with Crippen LogP contribution in [-0.2, 0) is 0 Å². The van der Waals surface area contributed by atoms with Crippen molar-refractivity contribution in [3.8, 4) is 0 Å². The fraction of sp³-hybridized carbons (Fsp3) is 0.615. The van der Waals surface area contributed by atoms with Crippen molar-refractivity contribution in [2.24, 2.45) is 16.7 Å². The van der Waals surface area contributed by atoms with Crippen LogP contribution in [0.15, 0.2) is 13.6 Å². The first kappa shape index (κ1) is 14.5. The lowest BCUT2D eigenvalue weighted by molar-refractivity contribution is 0.0949. The molecule has 0 aliphatic heterocycles. The van der Waals surface area contributed by atoms with Gasteiger partial charge in [-0.15, -0.1) is 11.3 Å². The summed E-state index contributed by atoms with van der Waals surface area (Å²) in [7, 11) is 0. The van der Waals surface area contributed by atoms with Crippen LogP contribution in [0.2, 0.25) is 0 Å². The maximum Gasteiger partial charge on any atom is 0.253 e. The number of hydrogen-bond acceptors (Lipinski definition) is 2. The standard InChI is InChI=1S/C13H17Br2NOS/c1-12(2)8(13(12,3)4)6-16-11(17)7-5-9(14)18-10(7)15/h5,8H,6H2,1-4H3,(H,16,17). The zero-order chi connectivity index (χ0) is 13.7. The fourth-order valence-electron chi connectivity index (χ4n) is 2.63. The van der Waals surface area contributed by atoms with Crippen LogP contribution in [0.25, 0.3) is 0 Å².